The smallest absolute Gasteiger partial charge is 0.407 e. The van der Waals surface area contributed by atoms with Gasteiger partial charge >= 0.3 is 6.09 Å². The van der Waals surface area contributed by atoms with E-state index in [0.29, 0.717) is 18.5 Å². The van der Waals surface area contributed by atoms with Gasteiger partial charge < -0.3 is 20.1 Å². The number of carbonyl (C=O) groups is 1. The van der Waals surface area contributed by atoms with Gasteiger partial charge in [-0.05, 0) is 58.8 Å². The molecule has 0 aromatic rings. The number of ether oxygens (including phenoxy) is 2. The summed E-state index contributed by atoms with van der Waals surface area (Å²) in [6.07, 6.45) is 8.12. The molecular formula is C18H34N2O3. The lowest BCUT2D eigenvalue weighted by atomic mass is 9.78. The molecule has 0 aliphatic heterocycles. The molecule has 2 fully saturated rings. The van der Waals surface area contributed by atoms with Crippen LogP contribution in [0.1, 0.15) is 65.7 Å². The lowest BCUT2D eigenvalue weighted by Gasteiger charge is -2.43. The number of amides is 1. The largest absolute Gasteiger partial charge is 0.444 e. The second-order valence-electron chi connectivity index (χ2n) is 8.16. The molecule has 0 bridgehead atoms. The van der Waals surface area contributed by atoms with Gasteiger partial charge in [-0.2, -0.15) is 0 Å². The van der Waals surface area contributed by atoms with Crippen molar-refractivity contribution in [3.05, 3.63) is 0 Å². The average molecular weight is 326 g/mol. The highest BCUT2D eigenvalue weighted by Gasteiger charge is 2.38. The Balaban J connectivity index is 1.77. The minimum atomic E-state index is -0.441. The van der Waals surface area contributed by atoms with Crippen LogP contribution < -0.4 is 10.6 Å². The Morgan fingerprint density at radius 1 is 1.17 bits per heavy atom. The van der Waals surface area contributed by atoms with Gasteiger partial charge in [-0.1, -0.05) is 12.8 Å². The molecule has 23 heavy (non-hydrogen) atoms. The summed E-state index contributed by atoms with van der Waals surface area (Å²) in [6, 6.07) is 0.464. The van der Waals surface area contributed by atoms with Gasteiger partial charge in [0.25, 0.3) is 0 Å². The van der Waals surface area contributed by atoms with Crippen molar-refractivity contribution in [2.24, 2.45) is 5.92 Å². The van der Waals surface area contributed by atoms with Crippen LogP contribution in [0.5, 0.6) is 0 Å². The maximum Gasteiger partial charge on any atom is 0.407 e. The lowest BCUT2D eigenvalue weighted by molar-refractivity contribution is -0.0723. The van der Waals surface area contributed by atoms with E-state index in [9.17, 15) is 4.79 Å². The zero-order valence-electron chi connectivity index (χ0n) is 15.2. The Morgan fingerprint density at radius 3 is 2.43 bits per heavy atom. The van der Waals surface area contributed by atoms with Gasteiger partial charge in [0.1, 0.15) is 5.60 Å². The number of nitrogens with one attached hydrogen (secondary N) is 2. The molecule has 0 heterocycles. The molecule has 2 unspecified atom stereocenters. The van der Waals surface area contributed by atoms with E-state index in [2.05, 4.69) is 10.6 Å². The van der Waals surface area contributed by atoms with E-state index in [1.165, 1.54) is 25.7 Å². The first-order valence-corrected chi connectivity index (χ1v) is 9.09. The number of alkyl carbamates (subject to hydrolysis) is 1. The molecule has 2 saturated carbocycles. The van der Waals surface area contributed by atoms with E-state index >= 15 is 0 Å². The third-order valence-corrected chi connectivity index (χ3v) is 5.20. The third kappa shape index (κ3) is 5.64. The fraction of sp³-hybridized carbons (Fsp3) is 0.944. The van der Waals surface area contributed by atoms with E-state index in [1.807, 2.05) is 27.9 Å². The average Bonchev–Trinajstić information content (AvgIpc) is 2.43. The molecule has 2 atom stereocenters. The molecule has 134 valence electrons. The molecular weight excluding hydrogens is 292 g/mol. The predicted octanol–water partition coefficient (Wildman–Crippen LogP) is 3.23. The van der Waals surface area contributed by atoms with Gasteiger partial charge in [0, 0.05) is 26.2 Å². The molecule has 0 spiro atoms. The van der Waals surface area contributed by atoms with Crippen molar-refractivity contribution >= 4 is 6.09 Å². The Labute approximate surface area is 140 Å². The maximum absolute atomic E-state index is 11.9. The van der Waals surface area contributed by atoms with Crippen LogP contribution in [0.2, 0.25) is 0 Å². The first-order valence-electron chi connectivity index (χ1n) is 9.09. The van der Waals surface area contributed by atoms with Crippen molar-refractivity contribution in [2.45, 2.75) is 83.0 Å². The van der Waals surface area contributed by atoms with Gasteiger partial charge in [-0.15, -0.1) is 0 Å². The van der Waals surface area contributed by atoms with E-state index in [1.54, 1.807) is 0 Å². The highest BCUT2D eigenvalue weighted by atomic mass is 16.6. The Kier molecular flexibility index (Phi) is 6.32. The molecule has 0 aromatic carbocycles. The van der Waals surface area contributed by atoms with Crippen molar-refractivity contribution in [3.63, 3.8) is 0 Å². The van der Waals surface area contributed by atoms with Crippen molar-refractivity contribution < 1.29 is 14.3 Å². The van der Waals surface area contributed by atoms with E-state index in [0.717, 1.165) is 25.8 Å². The second kappa shape index (κ2) is 7.84. The van der Waals surface area contributed by atoms with Crippen LogP contribution in [0.15, 0.2) is 0 Å². The van der Waals surface area contributed by atoms with Crippen molar-refractivity contribution in [2.75, 3.05) is 20.2 Å². The Hall–Kier alpha value is -0.810. The monoisotopic (exact) mass is 326 g/mol. The van der Waals surface area contributed by atoms with Gasteiger partial charge in [0.2, 0.25) is 0 Å². The first kappa shape index (κ1) is 18.5. The maximum atomic E-state index is 11.9. The molecule has 2 N–H and O–H groups in total. The second-order valence-corrected chi connectivity index (χ2v) is 8.16. The van der Waals surface area contributed by atoms with Crippen LogP contribution in [0, 0.1) is 5.92 Å². The first-order chi connectivity index (χ1) is 10.8. The Bertz CT molecular complexity index is 383. The third-order valence-electron chi connectivity index (χ3n) is 5.20. The van der Waals surface area contributed by atoms with Crippen molar-refractivity contribution in [3.8, 4) is 0 Å². The van der Waals surface area contributed by atoms with Crippen molar-refractivity contribution in [1.29, 1.82) is 0 Å². The van der Waals surface area contributed by atoms with E-state index in [4.69, 9.17) is 9.47 Å². The van der Waals surface area contributed by atoms with Crippen LogP contribution in [-0.4, -0.2) is 43.5 Å². The van der Waals surface area contributed by atoms with Crippen LogP contribution in [0.3, 0.4) is 0 Å². The van der Waals surface area contributed by atoms with E-state index < -0.39 is 5.60 Å². The summed E-state index contributed by atoms with van der Waals surface area (Å²) in [5, 5.41) is 6.67. The zero-order valence-corrected chi connectivity index (χ0v) is 15.2. The predicted molar refractivity (Wildman–Crippen MR) is 91.6 cm³/mol. The van der Waals surface area contributed by atoms with Gasteiger partial charge in [-0.25, -0.2) is 4.79 Å². The number of hydrogen-bond acceptors (Lipinski definition) is 4. The van der Waals surface area contributed by atoms with Crippen LogP contribution in [0.25, 0.3) is 0 Å². The molecule has 0 saturated heterocycles. The summed E-state index contributed by atoms with van der Waals surface area (Å²) < 4.78 is 11.0. The lowest BCUT2D eigenvalue weighted by Crippen LogP contribution is -2.53. The molecule has 2 aliphatic carbocycles. The molecule has 0 radical (unpaired) electrons. The molecule has 2 aliphatic rings. The summed E-state index contributed by atoms with van der Waals surface area (Å²) in [4.78, 5) is 11.9. The zero-order chi connectivity index (χ0) is 16.9. The Morgan fingerprint density at radius 2 is 1.87 bits per heavy atom. The van der Waals surface area contributed by atoms with Gasteiger partial charge in [-0.3, -0.25) is 0 Å². The molecule has 5 nitrogen and oxygen atoms in total. The SMILES string of the molecule is COC1(CNC2CCCCC2CNC(=O)OC(C)(C)C)CCC1. The quantitative estimate of drug-likeness (QED) is 0.787. The van der Waals surface area contributed by atoms with Gasteiger partial charge in [0.15, 0.2) is 0 Å². The fourth-order valence-corrected chi connectivity index (χ4v) is 3.59. The number of rotatable bonds is 6. The highest BCUT2D eigenvalue weighted by Crippen LogP contribution is 2.35. The number of hydrogen-bond donors (Lipinski definition) is 2. The van der Waals surface area contributed by atoms with Crippen LogP contribution in [-0.2, 0) is 9.47 Å². The number of carbonyl (C=O) groups excluding carboxylic acids is 1. The summed E-state index contributed by atoms with van der Waals surface area (Å²) in [7, 11) is 1.82. The minimum Gasteiger partial charge on any atom is -0.444 e. The summed E-state index contributed by atoms with van der Waals surface area (Å²) in [5.74, 6) is 0.477. The van der Waals surface area contributed by atoms with Gasteiger partial charge in [0.05, 0.1) is 5.60 Å². The van der Waals surface area contributed by atoms with Crippen LogP contribution in [0.4, 0.5) is 4.79 Å². The number of methoxy groups -OCH3 is 1. The summed E-state index contributed by atoms with van der Waals surface area (Å²) >= 11 is 0. The van der Waals surface area contributed by atoms with E-state index in [-0.39, 0.29) is 11.7 Å². The molecule has 1 amide bonds. The highest BCUT2D eigenvalue weighted by molar-refractivity contribution is 5.67. The fourth-order valence-electron chi connectivity index (χ4n) is 3.59. The standard InChI is InChI=1S/C18H34N2O3/c1-17(2,3)23-16(21)19-12-14-8-5-6-9-15(14)20-13-18(22-4)10-7-11-18/h14-15,20H,5-13H2,1-4H3,(H,19,21). The molecule has 5 heteroatoms. The topological polar surface area (TPSA) is 59.6 Å². The normalized spacial score (nSPS) is 27.1. The van der Waals surface area contributed by atoms with Crippen LogP contribution >= 0.6 is 0 Å². The molecule has 0 aromatic heterocycles. The summed E-state index contributed by atoms with van der Waals surface area (Å²) in [6.45, 7) is 7.28. The molecule has 2 rings (SSSR count). The minimum absolute atomic E-state index is 0.0561. The summed E-state index contributed by atoms with van der Waals surface area (Å²) in [5.41, 5.74) is -0.385. The van der Waals surface area contributed by atoms with Crippen molar-refractivity contribution in [1.82, 2.24) is 10.6 Å².